The van der Waals surface area contributed by atoms with Crippen molar-refractivity contribution >= 4 is 23.3 Å². The van der Waals surface area contributed by atoms with E-state index in [4.69, 9.17) is 9.47 Å². The largest absolute Gasteiger partial charge is 0.494 e. The molecule has 0 fully saturated rings. The van der Waals surface area contributed by atoms with E-state index in [-0.39, 0.29) is 24.3 Å². The summed E-state index contributed by atoms with van der Waals surface area (Å²) in [7, 11) is 0. The molecular formula is C21H22FNO5. The van der Waals surface area contributed by atoms with E-state index < -0.39 is 24.3 Å². The van der Waals surface area contributed by atoms with Crippen LogP contribution in [0.1, 0.15) is 36.5 Å². The summed E-state index contributed by atoms with van der Waals surface area (Å²) in [6.07, 6.45) is 0.698. The number of amides is 1. The quantitative estimate of drug-likeness (QED) is 0.496. The van der Waals surface area contributed by atoms with Gasteiger partial charge in [0.05, 0.1) is 18.7 Å². The van der Waals surface area contributed by atoms with Gasteiger partial charge in [-0.1, -0.05) is 19.1 Å². The fourth-order valence-electron chi connectivity index (χ4n) is 2.28. The van der Waals surface area contributed by atoms with Crippen molar-refractivity contribution in [2.24, 2.45) is 0 Å². The zero-order chi connectivity index (χ0) is 20.4. The van der Waals surface area contributed by atoms with Gasteiger partial charge in [0.25, 0.3) is 5.91 Å². The highest BCUT2D eigenvalue weighted by Crippen LogP contribution is 2.15. The molecule has 0 spiro atoms. The molecule has 1 amide bonds. The monoisotopic (exact) mass is 387 g/mol. The number of ether oxygens (including phenoxy) is 2. The Morgan fingerprint density at radius 1 is 1.00 bits per heavy atom. The standard InChI is InChI=1S/C21H22FNO5/c1-2-13-27-16-9-7-15(8-10-16)19(24)11-12-21(26)28-14-20(25)23-18-6-4-3-5-17(18)22/h3-10H,2,11-14H2,1H3,(H,23,25). The van der Waals surface area contributed by atoms with Crippen LogP contribution in [-0.2, 0) is 14.3 Å². The summed E-state index contributed by atoms with van der Waals surface area (Å²) in [5, 5.41) is 2.31. The Morgan fingerprint density at radius 3 is 2.39 bits per heavy atom. The van der Waals surface area contributed by atoms with Crippen molar-refractivity contribution in [2.45, 2.75) is 26.2 Å². The SMILES string of the molecule is CCCOc1ccc(C(=O)CCC(=O)OCC(=O)Nc2ccccc2F)cc1. The number of hydrogen-bond acceptors (Lipinski definition) is 5. The third-order valence-corrected chi connectivity index (χ3v) is 3.72. The number of esters is 1. The van der Waals surface area contributed by atoms with Crippen LogP contribution in [0.4, 0.5) is 10.1 Å². The summed E-state index contributed by atoms with van der Waals surface area (Å²) in [6, 6.07) is 12.3. The molecule has 1 N–H and O–H groups in total. The Kier molecular flexibility index (Phi) is 8.14. The molecule has 6 nitrogen and oxygen atoms in total. The minimum Gasteiger partial charge on any atom is -0.494 e. The van der Waals surface area contributed by atoms with Crippen LogP contribution in [0.5, 0.6) is 5.75 Å². The maximum Gasteiger partial charge on any atom is 0.306 e. The van der Waals surface area contributed by atoms with Crippen LogP contribution in [0.25, 0.3) is 0 Å². The minimum absolute atomic E-state index is 0.00471. The highest BCUT2D eigenvalue weighted by atomic mass is 19.1. The van der Waals surface area contributed by atoms with Gasteiger partial charge in [0.15, 0.2) is 12.4 Å². The van der Waals surface area contributed by atoms with E-state index in [2.05, 4.69) is 5.32 Å². The van der Waals surface area contributed by atoms with Crippen molar-refractivity contribution in [3.05, 3.63) is 59.9 Å². The number of nitrogens with one attached hydrogen (secondary N) is 1. The zero-order valence-corrected chi connectivity index (χ0v) is 15.6. The molecule has 0 aliphatic rings. The number of anilines is 1. The fourth-order valence-corrected chi connectivity index (χ4v) is 2.28. The van der Waals surface area contributed by atoms with Gasteiger partial charge in [0.2, 0.25) is 0 Å². The second kappa shape index (κ2) is 10.8. The van der Waals surface area contributed by atoms with Crippen LogP contribution in [-0.4, -0.2) is 30.9 Å². The summed E-state index contributed by atoms with van der Waals surface area (Å²) in [5.41, 5.74) is 0.471. The smallest absolute Gasteiger partial charge is 0.306 e. The summed E-state index contributed by atoms with van der Waals surface area (Å²) in [6.45, 7) is 2.05. The Hall–Kier alpha value is -3.22. The number of benzene rings is 2. The predicted octanol–water partition coefficient (Wildman–Crippen LogP) is 3.76. The van der Waals surface area contributed by atoms with E-state index in [1.54, 1.807) is 30.3 Å². The first kappa shape index (κ1) is 21.1. The molecule has 0 aliphatic carbocycles. The van der Waals surface area contributed by atoms with Crippen LogP contribution >= 0.6 is 0 Å². The Labute approximate surface area is 162 Å². The summed E-state index contributed by atoms with van der Waals surface area (Å²) < 4.78 is 23.7. The Morgan fingerprint density at radius 2 is 1.71 bits per heavy atom. The number of ketones is 1. The van der Waals surface area contributed by atoms with E-state index in [1.165, 1.54) is 18.2 Å². The number of carbonyl (C=O) groups is 3. The first-order chi connectivity index (χ1) is 13.5. The molecule has 0 aromatic heterocycles. The van der Waals surface area contributed by atoms with Gasteiger partial charge in [-0.3, -0.25) is 14.4 Å². The summed E-state index contributed by atoms with van der Waals surface area (Å²) in [4.78, 5) is 35.6. The molecule has 0 aliphatic heterocycles. The molecule has 0 bridgehead atoms. The highest BCUT2D eigenvalue weighted by Gasteiger charge is 2.13. The Balaban J connectivity index is 1.72. The lowest BCUT2D eigenvalue weighted by atomic mass is 10.1. The molecule has 0 saturated heterocycles. The van der Waals surface area contributed by atoms with Crippen LogP contribution in [0, 0.1) is 5.82 Å². The van der Waals surface area contributed by atoms with Crippen molar-refractivity contribution in [3.8, 4) is 5.75 Å². The maximum absolute atomic E-state index is 13.4. The number of Topliss-reactive ketones (excluding diaryl/α,β-unsaturated/α-hetero) is 1. The van der Waals surface area contributed by atoms with Gasteiger partial charge in [0, 0.05) is 12.0 Å². The van der Waals surface area contributed by atoms with Gasteiger partial charge >= 0.3 is 5.97 Å². The molecule has 7 heteroatoms. The molecule has 0 saturated carbocycles. The average Bonchev–Trinajstić information content (AvgIpc) is 2.71. The zero-order valence-electron chi connectivity index (χ0n) is 15.6. The average molecular weight is 387 g/mol. The molecule has 28 heavy (non-hydrogen) atoms. The van der Waals surface area contributed by atoms with Gasteiger partial charge < -0.3 is 14.8 Å². The van der Waals surface area contributed by atoms with Gasteiger partial charge in [-0.15, -0.1) is 0 Å². The third-order valence-electron chi connectivity index (χ3n) is 3.72. The lowest BCUT2D eigenvalue weighted by Gasteiger charge is -2.07. The van der Waals surface area contributed by atoms with Crippen LogP contribution in [0.15, 0.2) is 48.5 Å². The van der Waals surface area contributed by atoms with E-state index in [0.29, 0.717) is 17.9 Å². The molecule has 2 rings (SSSR count). The predicted molar refractivity (Wildman–Crippen MR) is 102 cm³/mol. The highest BCUT2D eigenvalue weighted by molar-refractivity contribution is 5.98. The van der Waals surface area contributed by atoms with Crippen molar-refractivity contribution in [1.29, 1.82) is 0 Å². The molecule has 148 valence electrons. The number of halogens is 1. The van der Waals surface area contributed by atoms with Gasteiger partial charge in [-0.05, 0) is 42.8 Å². The first-order valence-electron chi connectivity index (χ1n) is 8.95. The van der Waals surface area contributed by atoms with Crippen LogP contribution in [0.3, 0.4) is 0 Å². The second-order valence-corrected chi connectivity index (χ2v) is 5.98. The van der Waals surface area contributed by atoms with Crippen LogP contribution < -0.4 is 10.1 Å². The minimum atomic E-state index is -0.681. The van der Waals surface area contributed by atoms with E-state index in [1.807, 2.05) is 6.92 Å². The topological polar surface area (TPSA) is 81.7 Å². The Bertz CT molecular complexity index is 820. The van der Waals surface area contributed by atoms with E-state index in [0.717, 1.165) is 6.42 Å². The van der Waals surface area contributed by atoms with E-state index in [9.17, 15) is 18.8 Å². The molecular weight excluding hydrogens is 365 g/mol. The van der Waals surface area contributed by atoms with Crippen LogP contribution in [0.2, 0.25) is 0 Å². The molecule has 0 unspecified atom stereocenters. The first-order valence-corrected chi connectivity index (χ1v) is 8.95. The number of carbonyl (C=O) groups excluding carboxylic acids is 3. The summed E-state index contributed by atoms with van der Waals surface area (Å²) in [5.74, 6) is -1.46. The lowest BCUT2D eigenvalue weighted by Crippen LogP contribution is -2.21. The maximum atomic E-state index is 13.4. The lowest BCUT2D eigenvalue weighted by molar-refractivity contribution is -0.147. The number of hydrogen-bond donors (Lipinski definition) is 1. The van der Waals surface area contributed by atoms with Gasteiger partial charge in [-0.2, -0.15) is 0 Å². The second-order valence-electron chi connectivity index (χ2n) is 5.98. The third kappa shape index (κ3) is 6.83. The number of rotatable bonds is 10. The van der Waals surface area contributed by atoms with Crippen molar-refractivity contribution in [1.82, 2.24) is 0 Å². The summed E-state index contributed by atoms with van der Waals surface area (Å²) >= 11 is 0. The number of para-hydroxylation sites is 1. The molecule has 0 radical (unpaired) electrons. The molecule has 2 aromatic carbocycles. The molecule has 2 aromatic rings. The van der Waals surface area contributed by atoms with Gasteiger partial charge in [-0.25, -0.2) is 4.39 Å². The van der Waals surface area contributed by atoms with E-state index >= 15 is 0 Å². The fraction of sp³-hybridized carbons (Fsp3) is 0.286. The van der Waals surface area contributed by atoms with Crippen molar-refractivity contribution < 1.29 is 28.2 Å². The van der Waals surface area contributed by atoms with Crippen molar-refractivity contribution in [2.75, 3.05) is 18.5 Å². The normalized spacial score (nSPS) is 10.2. The molecule has 0 heterocycles. The molecule has 0 atom stereocenters. The van der Waals surface area contributed by atoms with Crippen molar-refractivity contribution in [3.63, 3.8) is 0 Å². The van der Waals surface area contributed by atoms with Gasteiger partial charge in [0.1, 0.15) is 11.6 Å².